The lowest BCUT2D eigenvalue weighted by molar-refractivity contribution is -0.119. The minimum atomic E-state index is -0.454. The quantitative estimate of drug-likeness (QED) is 0.644. The molecule has 4 nitrogen and oxygen atoms in total. The van der Waals surface area contributed by atoms with Crippen LogP contribution in [0.25, 0.3) is 0 Å². The van der Waals surface area contributed by atoms with E-state index in [0.29, 0.717) is 31.8 Å². The van der Waals surface area contributed by atoms with Gasteiger partial charge in [-0.25, -0.2) is 4.39 Å². The van der Waals surface area contributed by atoms with Crippen LogP contribution in [-0.2, 0) is 20.7 Å². The number of ether oxygens (including phenoxy) is 3. The van der Waals surface area contributed by atoms with E-state index in [1.807, 2.05) is 0 Å². The molecule has 1 rings (SSSR count). The van der Waals surface area contributed by atoms with Gasteiger partial charge in [-0.2, -0.15) is 0 Å². The van der Waals surface area contributed by atoms with Crippen molar-refractivity contribution >= 4 is 5.78 Å². The third kappa shape index (κ3) is 5.81. The molecule has 0 aliphatic carbocycles. The molecule has 19 heavy (non-hydrogen) atoms. The number of carbonyl (C=O) groups excluding carboxylic acids is 1. The van der Waals surface area contributed by atoms with E-state index in [-0.39, 0.29) is 18.0 Å². The molecule has 0 spiro atoms. The van der Waals surface area contributed by atoms with Gasteiger partial charge >= 0.3 is 0 Å². The van der Waals surface area contributed by atoms with Crippen molar-refractivity contribution in [2.24, 2.45) is 0 Å². The Morgan fingerprint density at radius 2 is 2.00 bits per heavy atom. The van der Waals surface area contributed by atoms with Gasteiger partial charge in [0.15, 0.2) is 11.6 Å². The number of hydrogen-bond acceptors (Lipinski definition) is 4. The van der Waals surface area contributed by atoms with Gasteiger partial charge in [0.1, 0.15) is 5.78 Å². The predicted octanol–water partition coefficient (Wildman–Crippen LogP) is 2.00. The molecule has 0 aliphatic rings. The highest BCUT2D eigenvalue weighted by Crippen LogP contribution is 2.18. The van der Waals surface area contributed by atoms with Crippen LogP contribution in [0.1, 0.15) is 12.0 Å². The first kappa shape index (κ1) is 15.6. The average molecular weight is 270 g/mol. The smallest absolute Gasteiger partial charge is 0.165 e. The number of Topliss-reactive ketones (excluding diaryl/α,β-unsaturated/α-hetero) is 1. The maximum atomic E-state index is 13.4. The Bertz CT molecular complexity index is 406. The first-order valence-electron chi connectivity index (χ1n) is 6.08. The van der Waals surface area contributed by atoms with Crippen LogP contribution in [-0.4, -0.2) is 39.8 Å². The molecule has 0 aliphatic heterocycles. The van der Waals surface area contributed by atoms with Crippen LogP contribution in [0.4, 0.5) is 4.39 Å². The normalized spacial score (nSPS) is 10.5. The molecule has 1 aromatic rings. The summed E-state index contributed by atoms with van der Waals surface area (Å²) in [4.78, 5) is 11.6. The van der Waals surface area contributed by atoms with Crippen molar-refractivity contribution in [3.63, 3.8) is 0 Å². The van der Waals surface area contributed by atoms with Crippen molar-refractivity contribution in [1.82, 2.24) is 0 Å². The van der Waals surface area contributed by atoms with Crippen LogP contribution >= 0.6 is 0 Å². The fraction of sp³-hybridized carbons (Fsp3) is 0.500. The number of halogens is 1. The van der Waals surface area contributed by atoms with Crippen molar-refractivity contribution in [2.45, 2.75) is 12.8 Å². The number of carbonyl (C=O) groups is 1. The molecule has 0 heterocycles. The fourth-order valence-electron chi connectivity index (χ4n) is 1.57. The molecular formula is C14H19FO4. The van der Waals surface area contributed by atoms with Gasteiger partial charge in [-0.05, 0) is 17.7 Å². The third-order valence-corrected chi connectivity index (χ3v) is 2.57. The van der Waals surface area contributed by atoms with Gasteiger partial charge in [-0.15, -0.1) is 0 Å². The minimum Gasteiger partial charge on any atom is -0.494 e. The van der Waals surface area contributed by atoms with Crippen LogP contribution in [0.2, 0.25) is 0 Å². The van der Waals surface area contributed by atoms with Crippen LogP contribution in [0.15, 0.2) is 18.2 Å². The Labute approximate surface area is 112 Å². The number of ketones is 1. The summed E-state index contributed by atoms with van der Waals surface area (Å²) in [6.45, 7) is 1.35. The molecule has 0 radical (unpaired) electrons. The van der Waals surface area contributed by atoms with Crippen molar-refractivity contribution in [3.05, 3.63) is 29.6 Å². The lowest BCUT2D eigenvalue weighted by Crippen LogP contribution is -2.09. The number of methoxy groups -OCH3 is 2. The van der Waals surface area contributed by atoms with E-state index in [1.165, 1.54) is 19.2 Å². The Hall–Kier alpha value is -1.46. The molecule has 1 aromatic carbocycles. The zero-order valence-electron chi connectivity index (χ0n) is 11.3. The molecule has 0 N–H and O–H groups in total. The topological polar surface area (TPSA) is 44.8 Å². The number of hydrogen-bond donors (Lipinski definition) is 0. The summed E-state index contributed by atoms with van der Waals surface area (Å²) in [5.74, 6) is -0.259. The predicted molar refractivity (Wildman–Crippen MR) is 69.0 cm³/mol. The Kier molecular flexibility index (Phi) is 7.07. The molecule has 0 unspecified atom stereocenters. The molecule has 0 amide bonds. The Balaban J connectivity index is 2.34. The van der Waals surface area contributed by atoms with E-state index in [1.54, 1.807) is 13.2 Å². The van der Waals surface area contributed by atoms with E-state index < -0.39 is 5.82 Å². The molecule has 106 valence electrons. The summed E-state index contributed by atoms with van der Waals surface area (Å²) in [6.07, 6.45) is 0.520. The maximum Gasteiger partial charge on any atom is 0.165 e. The van der Waals surface area contributed by atoms with Crippen LogP contribution in [0, 0.1) is 5.82 Å². The Morgan fingerprint density at radius 1 is 1.21 bits per heavy atom. The van der Waals surface area contributed by atoms with Crippen LogP contribution in [0.5, 0.6) is 5.75 Å². The maximum absolute atomic E-state index is 13.4. The molecule has 5 heteroatoms. The molecule has 0 atom stereocenters. The van der Waals surface area contributed by atoms with Gasteiger partial charge in [0, 0.05) is 20.0 Å². The molecule has 0 saturated heterocycles. The molecule has 0 bridgehead atoms. The third-order valence-electron chi connectivity index (χ3n) is 2.57. The van der Waals surface area contributed by atoms with E-state index in [9.17, 15) is 9.18 Å². The highest BCUT2D eigenvalue weighted by Gasteiger charge is 2.07. The highest BCUT2D eigenvalue weighted by molar-refractivity contribution is 5.80. The summed E-state index contributed by atoms with van der Waals surface area (Å²) in [5.41, 5.74) is 0.639. The average Bonchev–Trinajstić information content (AvgIpc) is 2.39. The first-order valence-corrected chi connectivity index (χ1v) is 6.08. The first-order chi connectivity index (χ1) is 9.17. The summed E-state index contributed by atoms with van der Waals surface area (Å²) in [7, 11) is 2.99. The van der Waals surface area contributed by atoms with E-state index >= 15 is 0 Å². The summed E-state index contributed by atoms with van der Waals surface area (Å²) >= 11 is 0. The largest absolute Gasteiger partial charge is 0.494 e. The summed E-state index contributed by atoms with van der Waals surface area (Å²) < 4.78 is 28.3. The lowest BCUT2D eigenvalue weighted by atomic mass is 10.1. The summed E-state index contributed by atoms with van der Waals surface area (Å²) in [5, 5.41) is 0. The summed E-state index contributed by atoms with van der Waals surface area (Å²) in [6, 6.07) is 4.53. The molecular weight excluding hydrogens is 251 g/mol. The standard InChI is InChI=1S/C14H19FO4/c1-17-7-8-19-6-5-12(16)9-11-3-4-14(18-2)13(15)10-11/h3-4,10H,5-9H2,1-2H3. The Morgan fingerprint density at radius 3 is 2.63 bits per heavy atom. The zero-order valence-corrected chi connectivity index (χ0v) is 11.3. The molecule has 0 saturated carbocycles. The number of benzene rings is 1. The second-order valence-corrected chi connectivity index (χ2v) is 4.04. The monoisotopic (exact) mass is 270 g/mol. The lowest BCUT2D eigenvalue weighted by Gasteiger charge is -2.05. The van der Waals surface area contributed by atoms with E-state index in [4.69, 9.17) is 14.2 Å². The SMILES string of the molecule is COCCOCCC(=O)Cc1ccc(OC)c(F)c1. The van der Waals surface area contributed by atoms with Gasteiger partial charge in [-0.3, -0.25) is 4.79 Å². The number of rotatable bonds is 9. The zero-order chi connectivity index (χ0) is 14.1. The second-order valence-electron chi connectivity index (χ2n) is 4.04. The minimum absolute atomic E-state index is 0.0157. The van der Waals surface area contributed by atoms with Gasteiger partial charge in [0.05, 0.1) is 26.9 Å². The van der Waals surface area contributed by atoms with Crippen molar-refractivity contribution < 1.29 is 23.4 Å². The fourth-order valence-corrected chi connectivity index (χ4v) is 1.57. The molecule has 0 fully saturated rings. The van der Waals surface area contributed by atoms with Crippen molar-refractivity contribution in [2.75, 3.05) is 34.0 Å². The van der Waals surface area contributed by atoms with Crippen LogP contribution < -0.4 is 4.74 Å². The second kappa shape index (κ2) is 8.61. The van der Waals surface area contributed by atoms with Gasteiger partial charge < -0.3 is 14.2 Å². The van der Waals surface area contributed by atoms with Crippen molar-refractivity contribution in [1.29, 1.82) is 0 Å². The van der Waals surface area contributed by atoms with E-state index in [0.717, 1.165) is 0 Å². The van der Waals surface area contributed by atoms with E-state index in [2.05, 4.69) is 0 Å². The van der Waals surface area contributed by atoms with Gasteiger partial charge in [0.25, 0.3) is 0 Å². The highest BCUT2D eigenvalue weighted by atomic mass is 19.1. The van der Waals surface area contributed by atoms with Crippen LogP contribution in [0.3, 0.4) is 0 Å². The molecule has 0 aromatic heterocycles. The van der Waals surface area contributed by atoms with Gasteiger partial charge in [0.2, 0.25) is 0 Å². The van der Waals surface area contributed by atoms with Gasteiger partial charge in [-0.1, -0.05) is 6.07 Å². The van der Waals surface area contributed by atoms with Crippen molar-refractivity contribution in [3.8, 4) is 5.75 Å².